The van der Waals surface area contributed by atoms with Crippen molar-refractivity contribution in [1.29, 1.82) is 0 Å². The van der Waals surface area contributed by atoms with Gasteiger partial charge < -0.3 is 5.11 Å². The van der Waals surface area contributed by atoms with Crippen molar-refractivity contribution in [2.75, 3.05) is 0 Å². The van der Waals surface area contributed by atoms with Gasteiger partial charge in [-0.25, -0.2) is 0 Å². The lowest BCUT2D eigenvalue weighted by atomic mass is 10.1. The number of carbonyl (C=O) groups excluding carboxylic acids is 1. The molecule has 0 aliphatic heterocycles. The SMILES string of the molecule is O=C(/C=C/c1c(Cl)cccc1Cl)c1cc(Br)ccc(=O)c1O. The third-order valence-electron chi connectivity index (χ3n) is 2.83. The lowest BCUT2D eigenvalue weighted by molar-refractivity contribution is 0.104. The molecule has 0 aliphatic carbocycles. The van der Waals surface area contributed by atoms with E-state index in [0.717, 1.165) is 0 Å². The maximum atomic E-state index is 12.2. The van der Waals surface area contributed by atoms with E-state index in [1.54, 1.807) is 18.2 Å². The fourth-order valence-electron chi connectivity index (χ4n) is 1.73. The zero-order chi connectivity index (χ0) is 16.3. The molecule has 6 heteroatoms. The van der Waals surface area contributed by atoms with Gasteiger partial charge in [0.25, 0.3) is 0 Å². The van der Waals surface area contributed by atoms with Crippen LogP contribution in [0, 0.1) is 0 Å². The van der Waals surface area contributed by atoms with Gasteiger partial charge in [-0.05, 0) is 42.5 Å². The van der Waals surface area contributed by atoms with E-state index in [0.29, 0.717) is 20.1 Å². The molecule has 0 radical (unpaired) electrons. The molecule has 2 aromatic rings. The van der Waals surface area contributed by atoms with Gasteiger partial charge in [-0.1, -0.05) is 45.2 Å². The number of rotatable bonds is 3. The van der Waals surface area contributed by atoms with Gasteiger partial charge in [0, 0.05) is 20.1 Å². The third kappa shape index (κ3) is 3.77. The first-order valence-electron chi connectivity index (χ1n) is 6.09. The molecule has 0 bridgehead atoms. The van der Waals surface area contributed by atoms with Crippen molar-refractivity contribution in [3.8, 4) is 5.75 Å². The molecule has 0 amide bonds. The average molecular weight is 400 g/mol. The van der Waals surface area contributed by atoms with E-state index >= 15 is 0 Å². The summed E-state index contributed by atoms with van der Waals surface area (Å²) >= 11 is 15.2. The summed E-state index contributed by atoms with van der Waals surface area (Å²) in [6.45, 7) is 0. The average Bonchev–Trinajstić information content (AvgIpc) is 2.60. The maximum absolute atomic E-state index is 12.2. The van der Waals surface area contributed by atoms with Crippen molar-refractivity contribution in [1.82, 2.24) is 0 Å². The highest BCUT2D eigenvalue weighted by Gasteiger charge is 2.11. The van der Waals surface area contributed by atoms with Crippen molar-refractivity contribution in [2.24, 2.45) is 0 Å². The fraction of sp³-hybridized carbons (Fsp3) is 0. The van der Waals surface area contributed by atoms with E-state index in [1.807, 2.05) is 0 Å². The standard InChI is InChI=1S/C16H9BrCl2O3/c17-9-4-6-15(21)16(22)11(8-9)14(20)7-5-10-12(18)2-1-3-13(10)19/h1-8H,(H,21,22)/b7-5+. The van der Waals surface area contributed by atoms with Crippen LogP contribution in [0.25, 0.3) is 6.08 Å². The molecular formula is C16H9BrCl2O3. The van der Waals surface area contributed by atoms with Crippen molar-refractivity contribution in [2.45, 2.75) is 0 Å². The Hall–Kier alpha value is -1.62. The Morgan fingerprint density at radius 2 is 1.77 bits per heavy atom. The highest BCUT2D eigenvalue weighted by Crippen LogP contribution is 2.26. The number of benzene rings is 1. The number of allylic oxidation sites excluding steroid dienone is 1. The minimum atomic E-state index is -0.641. The first-order chi connectivity index (χ1) is 10.4. The highest BCUT2D eigenvalue weighted by molar-refractivity contribution is 9.10. The van der Waals surface area contributed by atoms with E-state index in [-0.39, 0.29) is 5.56 Å². The molecule has 2 aromatic carbocycles. The second kappa shape index (κ2) is 7.09. The quantitative estimate of drug-likeness (QED) is 0.600. The minimum absolute atomic E-state index is 0.110. The van der Waals surface area contributed by atoms with Gasteiger partial charge in [0.15, 0.2) is 11.5 Å². The lowest BCUT2D eigenvalue weighted by Crippen LogP contribution is -2.01. The van der Waals surface area contributed by atoms with E-state index in [4.69, 9.17) is 23.2 Å². The van der Waals surface area contributed by atoms with Gasteiger partial charge >= 0.3 is 0 Å². The number of ketones is 1. The molecule has 2 rings (SSSR count). The summed E-state index contributed by atoms with van der Waals surface area (Å²) in [5.41, 5.74) is -0.264. The van der Waals surface area contributed by atoms with Crippen LogP contribution in [0.5, 0.6) is 5.75 Å². The van der Waals surface area contributed by atoms with Gasteiger partial charge in [-0.15, -0.1) is 0 Å². The lowest BCUT2D eigenvalue weighted by Gasteiger charge is -2.01. The molecule has 0 aromatic heterocycles. The highest BCUT2D eigenvalue weighted by atomic mass is 79.9. The molecular weight excluding hydrogens is 391 g/mol. The summed E-state index contributed by atoms with van der Waals surface area (Å²) in [7, 11) is 0. The summed E-state index contributed by atoms with van der Waals surface area (Å²) in [6.07, 6.45) is 2.64. The molecule has 112 valence electrons. The normalized spacial score (nSPS) is 10.9. The van der Waals surface area contributed by atoms with Gasteiger partial charge in [0.1, 0.15) is 0 Å². The van der Waals surface area contributed by atoms with Crippen LogP contribution in [0.3, 0.4) is 0 Å². The summed E-state index contributed by atoms with van der Waals surface area (Å²) in [5, 5.41) is 10.6. The molecule has 22 heavy (non-hydrogen) atoms. The Labute approximate surface area is 144 Å². The second-order valence-electron chi connectivity index (χ2n) is 4.32. The van der Waals surface area contributed by atoms with E-state index in [9.17, 15) is 14.7 Å². The zero-order valence-corrected chi connectivity index (χ0v) is 14.1. The second-order valence-corrected chi connectivity index (χ2v) is 6.05. The van der Waals surface area contributed by atoms with Crippen LogP contribution >= 0.6 is 39.1 Å². The van der Waals surface area contributed by atoms with E-state index in [1.165, 1.54) is 30.4 Å². The van der Waals surface area contributed by atoms with Crippen molar-refractivity contribution in [3.63, 3.8) is 0 Å². The van der Waals surface area contributed by atoms with Crippen LogP contribution in [0.15, 0.2) is 51.7 Å². The smallest absolute Gasteiger partial charge is 0.220 e. The van der Waals surface area contributed by atoms with E-state index in [2.05, 4.69) is 15.9 Å². The minimum Gasteiger partial charge on any atom is -0.504 e. The molecule has 0 atom stereocenters. The number of hydrogen-bond donors (Lipinski definition) is 1. The number of aromatic hydroxyl groups is 1. The molecule has 0 heterocycles. The van der Waals surface area contributed by atoms with Crippen LogP contribution in [0.1, 0.15) is 15.9 Å². The van der Waals surface area contributed by atoms with Crippen molar-refractivity contribution in [3.05, 3.63) is 78.3 Å². The van der Waals surface area contributed by atoms with Crippen LogP contribution in [0.4, 0.5) is 0 Å². The molecule has 3 nitrogen and oxygen atoms in total. The van der Waals surface area contributed by atoms with E-state index < -0.39 is 17.0 Å². The molecule has 0 spiro atoms. The summed E-state index contributed by atoms with van der Waals surface area (Å²) in [5.74, 6) is -1.15. The monoisotopic (exact) mass is 398 g/mol. The van der Waals surface area contributed by atoms with Gasteiger partial charge in [-0.2, -0.15) is 0 Å². The Morgan fingerprint density at radius 3 is 2.41 bits per heavy atom. The Balaban J connectivity index is 2.45. The Morgan fingerprint density at radius 1 is 1.14 bits per heavy atom. The van der Waals surface area contributed by atoms with Gasteiger partial charge in [-0.3, -0.25) is 9.59 Å². The number of hydrogen-bond acceptors (Lipinski definition) is 3. The first kappa shape index (κ1) is 16.7. The molecule has 1 N–H and O–H groups in total. The Kier molecular flexibility index (Phi) is 5.40. The van der Waals surface area contributed by atoms with Crippen molar-refractivity contribution >= 4 is 51.0 Å². The summed E-state index contributed by atoms with van der Waals surface area (Å²) < 4.78 is 0.498. The van der Waals surface area contributed by atoms with Crippen molar-refractivity contribution < 1.29 is 9.90 Å². The molecule has 0 aliphatic rings. The summed E-state index contributed by atoms with van der Waals surface area (Å²) in [6, 6.07) is 8.97. The predicted molar refractivity (Wildman–Crippen MR) is 91.9 cm³/mol. The maximum Gasteiger partial charge on any atom is 0.220 e. The van der Waals surface area contributed by atoms with Gasteiger partial charge in [0.05, 0.1) is 5.56 Å². The number of carbonyl (C=O) groups is 1. The van der Waals surface area contributed by atoms with Crippen LogP contribution in [0.2, 0.25) is 10.0 Å². The van der Waals surface area contributed by atoms with Crippen LogP contribution in [-0.2, 0) is 0 Å². The molecule has 0 unspecified atom stereocenters. The Bertz CT molecular complexity index is 812. The largest absolute Gasteiger partial charge is 0.504 e. The zero-order valence-electron chi connectivity index (χ0n) is 11.0. The molecule has 0 saturated carbocycles. The van der Waals surface area contributed by atoms with Crippen LogP contribution < -0.4 is 5.43 Å². The molecule has 0 saturated heterocycles. The molecule has 0 fully saturated rings. The van der Waals surface area contributed by atoms with Gasteiger partial charge in [0.2, 0.25) is 5.43 Å². The fourth-order valence-corrected chi connectivity index (χ4v) is 2.61. The van der Waals surface area contributed by atoms with Crippen LogP contribution in [-0.4, -0.2) is 10.9 Å². The predicted octanol–water partition coefficient (Wildman–Crippen LogP) is 4.72. The first-order valence-corrected chi connectivity index (χ1v) is 7.64. The number of halogens is 3. The summed E-state index contributed by atoms with van der Waals surface area (Å²) in [4.78, 5) is 23.8. The topological polar surface area (TPSA) is 54.4 Å². The third-order valence-corrected chi connectivity index (χ3v) is 3.98.